The van der Waals surface area contributed by atoms with Gasteiger partial charge in [-0.25, -0.2) is 9.97 Å². The van der Waals surface area contributed by atoms with Crippen molar-refractivity contribution in [3.05, 3.63) is 57.7 Å². The van der Waals surface area contributed by atoms with Crippen molar-refractivity contribution >= 4 is 34.2 Å². The van der Waals surface area contributed by atoms with Crippen LogP contribution in [0.3, 0.4) is 0 Å². The Kier molecular flexibility index (Phi) is 5.61. The van der Waals surface area contributed by atoms with Crippen molar-refractivity contribution in [1.29, 1.82) is 0 Å². The molecule has 0 saturated carbocycles. The van der Waals surface area contributed by atoms with Crippen LogP contribution >= 0.6 is 11.6 Å². The van der Waals surface area contributed by atoms with Crippen molar-refractivity contribution in [2.45, 2.75) is 34.1 Å². The number of hydrogen-bond donors (Lipinski definition) is 1. The summed E-state index contributed by atoms with van der Waals surface area (Å²) >= 11 is 6.24. The van der Waals surface area contributed by atoms with Crippen LogP contribution in [-0.2, 0) is 0 Å². The quantitative estimate of drug-likeness (QED) is 0.653. The predicted octanol–water partition coefficient (Wildman–Crippen LogP) is 5.25. The fourth-order valence-electron chi connectivity index (χ4n) is 2.65. The van der Waals surface area contributed by atoms with Crippen molar-refractivity contribution in [2.75, 3.05) is 11.9 Å². The van der Waals surface area contributed by atoms with Crippen LogP contribution in [0.5, 0.6) is 5.88 Å². The van der Waals surface area contributed by atoms with Gasteiger partial charge in [0.2, 0.25) is 5.88 Å². The van der Waals surface area contributed by atoms with E-state index >= 15 is 0 Å². The summed E-state index contributed by atoms with van der Waals surface area (Å²) in [4.78, 5) is 21.9. The van der Waals surface area contributed by atoms with Crippen molar-refractivity contribution < 1.29 is 9.53 Å². The summed E-state index contributed by atoms with van der Waals surface area (Å²) in [6.07, 6.45) is 0.803. The average molecular weight is 384 g/mol. The van der Waals surface area contributed by atoms with E-state index in [0.717, 1.165) is 23.1 Å². The Hall–Kier alpha value is -2.66. The molecular formula is C21H22ClN3O2. The van der Waals surface area contributed by atoms with Gasteiger partial charge in [-0.2, -0.15) is 0 Å². The van der Waals surface area contributed by atoms with E-state index in [4.69, 9.17) is 16.3 Å². The molecule has 1 amide bonds. The number of ether oxygens (including phenoxy) is 1. The van der Waals surface area contributed by atoms with Crippen molar-refractivity contribution in [2.24, 2.45) is 0 Å². The average Bonchev–Trinajstić information content (AvgIpc) is 2.62. The monoisotopic (exact) mass is 383 g/mol. The number of fused-ring (bicyclic) bond motifs is 1. The Morgan fingerprint density at radius 2 is 1.74 bits per heavy atom. The maximum absolute atomic E-state index is 12.9. The first-order valence-electron chi connectivity index (χ1n) is 8.88. The molecule has 0 fully saturated rings. The minimum absolute atomic E-state index is 0.149. The number of rotatable bonds is 5. The second-order valence-electron chi connectivity index (χ2n) is 6.59. The summed E-state index contributed by atoms with van der Waals surface area (Å²) in [7, 11) is 0. The second-order valence-corrected chi connectivity index (χ2v) is 7.00. The van der Waals surface area contributed by atoms with Crippen molar-refractivity contribution in [3.8, 4) is 5.88 Å². The van der Waals surface area contributed by atoms with Gasteiger partial charge in [0, 0.05) is 0 Å². The largest absolute Gasteiger partial charge is 0.476 e. The van der Waals surface area contributed by atoms with Gasteiger partial charge in [0.15, 0.2) is 5.69 Å². The molecule has 3 aromatic rings. The van der Waals surface area contributed by atoms with Crippen LogP contribution in [0.4, 0.5) is 5.69 Å². The lowest BCUT2D eigenvalue weighted by Crippen LogP contribution is -2.17. The van der Waals surface area contributed by atoms with Gasteiger partial charge in [-0.1, -0.05) is 24.6 Å². The van der Waals surface area contributed by atoms with E-state index in [1.54, 1.807) is 12.1 Å². The number of nitrogens with zero attached hydrogens (tertiary/aromatic N) is 2. The maximum Gasteiger partial charge on any atom is 0.279 e. The van der Waals surface area contributed by atoms with Gasteiger partial charge in [-0.05, 0) is 68.1 Å². The van der Waals surface area contributed by atoms with Crippen LogP contribution in [0.15, 0.2) is 30.3 Å². The second kappa shape index (κ2) is 7.92. The van der Waals surface area contributed by atoms with Gasteiger partial charge in [-0.3, -0.25) is 4.79 Å². The fraction of sp³-hybridized carbons (Fsp3) is 0.286. The zero-order chi connectivity index (χ0) is 19.6. The SMILES string of the molecule is CCCOc1nc2cc(C)c(C)cc2nc1C(=O)Nc1ccc(C)cc1Cl. The Morgan fingerprint density at radius 1 is 1.07 bits per heavy atom. The Bertz CT molecular complexity index is 1020. The standard InChI is InChI=1S/C21H22ClN3O2/c1-5-8-27-21-19(20(26)24-16-7-6-12(2)9-15(16)22)23-17-10-13(3)14(4)11-18(17)25-21/h6-7,9-11H,5,8H2,1-4H3,(H,24,26). The maximum atomic E-state index is 12.9. The number of carbonyl (C=O) groups is 1. The highest BCUT2D eigenvalue weighted by atomic mass is 35.5. The number of amides is 1. The Balaban J connectivity index is 2.03. The molecule has 2 aromatic carbocycles. The van der Waals surface area contributed by atoms with Crippen LogP contribution < -0.4 is 10.1 Å². The molecule has 5 nitrogen and oxygen atoms in total. The molecule has 0 aliphatic rings. The molecule has 1 heterocycles. The normalized spacial score (nSPS) is 10.9. The highest BCUT2D eigenvalue weighted by Crippen LogP contribution is 2.26. The Morgan fingerprint density at radius 3 is 2.37 bits per heavy atom. The molecule has 0 aliphatic carbocycles. The number of hydrogen-bond acceptors (Lipinski definition) is 4. The molecule has 0 spiro atoms. The van der Waals surface area contributed by atoms with Gasteiger partial charge in [0.25, 0.3) is 5.91 Å². The van der Waals surface area contributed by atoms with E-state index in [1.807, 2.05) is 45.9 Å². The molecule has 0 aliphatic heterocycles. The number of benzene rings is 2. The number of nitrogens with one attached hydrogen (secondary N) is 1. The van der Waals surface area contributed by atoms with E-state index in [0.29, 0.717) is 28.4 Å². The molecule has 6 heteroatoms. The van der Waals surface area contributed by atoms with E-state index < -0.39 is 5.91 Å². The summed E-state index contributed by atoms with van der Waals surface area (Å²) in [5.74, 6) is -0.173. The fourth-order valence-corrected chi connectivity index (χ4v) is 2.93. The molecule has 0 bridgehead atoms. The zero-order valence-corrected chi connectivity index (χ0v) is 16.6. The Labute approximate surface area is 163 Å². The molecule has 140 valence electrons. The van der Waals surface area contributed by atoms with E-state index in [2.05, 4.69) is 15.3 Å². The first kappa shape index (κ1) is 19.1. The van der Waals surface area contributed by atoms with Gasteiger partial charge in [0.1, 0.15) is 0 Å². The lowest BCUT2D eigenvalue weighted by molar-refractivity contribution is 0.101. The molecule has 0 saturated heterocycles. The van der Waals surface area contributed by atoms with Crippen LogP contribution in [0.25, 0.3) is 11.0 Å². The minimum Gasteiger partial charge on any atom is -0.476 e. The molecule has 1 aromatic heterocycles. The minimum atomic E-state index is -0.403. The van der Waals surface area contributed by atoms with Crippen LogP contribution in [0.1, 0.15) is 40.5 Å². The summed E-state index contributed by atoms with van der Waals surface area (Å²) in [6, 6.07) is 9.33. The smallest absolute Gasteiger partial charge is 0.279 e. The highest BCUT2D eigenvalue weighted by molar-refractivity contribution is 6.34. The third-order valence-electron chi connectivity index (χ3n) is 4.28. The lowest BCUT2D eigenvalue weighted by Gasteiger charge is -2.13. The van der Waals surface area contributed by atoms with Gasteiger partial charge < -0.3 is 10.1 Å². The van der Waals surface area contributed by atoms with E-state index in [-0.39, 0.29) is 11.6 Å². The number of halogens is 1. The molecule has 27 heavy (non-hydrogen) atoms. The first-order valence-corrected chi connectivity index (χ1v) is 9.26. The van der Waals surface area contributed by atoms with E-state index in [1.165, 1.54) is 0 Å². The van der Waals surface area contributed by atoms with Gasteiger partial charge >= 0.3 is 0 Å². The van der Waals surface area contributed by atoms with Gasteiger partial charge in [0.05, 0.1) is 28.4 Å². The predicted molar refractivity (Wildman–Crippen MR) is 109 cm³/mol. The van der Waals surface area contributed by atoms with E-state index in [9.17, 15) is 4.79 Å². The number of carbonyl (C=O) groups excluding carboxylic acids is 1. The van der Waals surface area contributed by atoms with Crippen LogP contribution in [-0.4, -0.2) is 22.5 Å². The number of aromatic nitrogens is 2. The molecule has 3 rings (SSSR count). The molecule has 0 radical (unpaired) electrons. The van der Waals surface area contributed by atoms with Crippen molar-refractivity contribution in [3.63, 3.8) is 0 Å². The van der Waals surface area contributed by atoms with Crippen LogP contribution in [0.2, 0.25) is 5.02 Å². The third kappa shape index (κ3) is 4.19. The lowest BCUT2D eigenvalue weighted by atomic mass is 10.1. The zero-order valence-electron chi connectivity index (χ0n) is 15.9. The summed E-state index contributed by atoms with van der Waals surface area (Å²) < 4.78 is 5.71. The first-order chi connectivity index (χ1) is 12.9. The van der Waals surface area contributed by atoms with Crippen LogP contribution in [0, 0.1) is 20.8 Å². The van der Waals surface area contributed by atoms with Gasteiger partial charge in [-0.15, -0.1) is 0 Å². The number of anilines is 1. The molecule has 0 unspecified atom stereocenters. The molecule has 1 N–H and O–H groups in total. The summed E-state index contributed by atoms with van der Waals surface area (Å²) in [6.45, 7) is 8.41. The molecular weight excluding hydrogens is 362 g/mol. The summed E-state index contributed by atoms with van der Waals surface area (Å²) in [5.41, 5.74) is 5.25. The third-order valence-corrected chi connectivity index (χ3v) is 4.59. The molecule has 0 atom stereocenters. The highest BCUT2D eigenvalue weighted by Gasteiger charge is 2.19. The summed E-state index contributed by atoms with van der Waals surface area (Å²) in [5, 5.41) is 3.28. The topological polar surface area (TPSA) is 64.1 Å². The van der Waals surface area contributed by atoms with Crippen molar-refractivity contribution in [1.82, 2.24) is 9.97 Å². The number of aryl methyl sites for hydroxylation is 3.